The van der Waals surface area contributed by atoms with Crippen molar-refractivity contribution >= 4 is 40.5 Å². The number of nitrogens with one attached hydrogen (secondary N) is 1. The van der Waals surface area contributed by atoms with Gasteiger partial charge in [0.15, 0.2) is 0 Å². The Morgan fingerprint density at radius 2 is 1.95 bits per heavy atom. The van der Waals surface area contributed by atoms with Gasteiger partial charge >= 0.3 is 0 Å². The Morgan fingerprint density at radius 1 is 1.29 bits per heavy atom. The van der Waals surface area contributed by atoms with Crippen molar-refractivity contribution in [2.24, 2.45) is 0 Å². The summed E-state index contributed by atoms with van der Waals surface area (Å²) in [6, 6.07) is 6.96. The van der Waals surface area contributed by atoms with Gasteiger partial charge in [-0.25, -0.2) is 0 Å². The Hall–Kier alpha value is -1.66. The number of amides is 1. The third kappa shape index (κ3) is 4.15. The molecule has 3 N–H and O–H groups in total. The van der Waals surface area contributed by atoms with E-state index in [4.69, 9.17) is 5.73 Å². The zero-order valence-corrected chi connectivity index (χ0v) is 13.6. The maximum atomic E-state index is 12.1. The lowest BCUT2D eigenvalue weighted by atomic mass is 10.1. The average molecular weight is 327 g/mol. The summed E-state index contributed by atoms with van der Waals surface area (Å²) < 4.78 is 0. The monoisotopic (exact) mass is 326 g/mol. The van der Waals surface area contributed by atoms with Crippen LogP contribution < -0.4 is 11.1 Å². The van der Waals surface area contributed by atoms with E-state index in [0.29, 0.717) is 22.3 Å². The van der Waals surface area contributed by atoms with E-state index in [2.05, 4.69) is 29.4 Å². The van der Waals surface area contributed by atoms with Gasteiger partial charge in [-0.05, 0) is 25.0 Å². The lowest BCUT2D eigenvalue weighted by molar-refractivity contribution is 0.102. The fourth-order valence-corrected chi connectivity index (χ4v) is 2.96. The molecule has 1 aromatic heterocycles. The standard InChI is InChI=1S/C14H18N4OS.ClH/c1-3-9(4-2)13-17-18-14(20-13)16-12(19)10-7-5-6-8-11(10)15;/h5-9H,3-4,15H2,1-2H3,(H,16,18,19);1H. The van der Waals surface area contributed by atoms with Crippen molar-refractivity contribution in [3.05, 3.63) is 34.8 Å². The first-order chi connectivity index (χ1) is 9.65. The number of rotatable bonds is 5. The molecule has 0 atom stereocenters. The zero-order chi connectivity index (χ0) is 14.5. The molecule has 0 aliphatic rings. The summed E-state index contributed by atoms with van der Waals surface area (Å²) in [6.07, 6.45) is 2.04. The highest BCUT2D eigenvalue weighted by Gasteiger charge is 2.16. The molecule has 0 saturated heterocycles. The second kappa shape index (κ2) is 7.95. The van der Waals surface area contributed by atoms with Crippen molar-refractivity contribution in [2.75, 3.05) is 11.1 Å². The van der Waals surface area contributed by atoms with Crippen LogP contribution >= 0.6 is 23.7 Å². The number of para-hydroxylation sites is 1. The molecule has 1 aromatic carbocycles. The van der Waals surface area contributed by atoms with Crippen molar-refractivity contribution in [2.45, 2.75) is 32.6 Å². The molecular weight excluding hydrogens is 308 g/mol. The number of carbonyl (C=O) groups excluding carboxylic acids is 1. The molecule has 0 unspecified atom stereocenters. The fraction of sp³-hybridized carbons (Fsp3) is 0.357. The molecule has 0 radical (unpaired) electrons. The maximum absolute atomic E-state index is 12.1. The predicted octanol–water partition coefficient (Wildman–Crippen LogP) is 3.70. The van der Waals surface area contributed by atoms with E-state index in [9.17, 15) is 4.79 Å². The molecule has 0 fully saturated rings. The van der Waals surface area contributed by atoms with Crippen LogP contribution in [0.5, 0.6) is 0 Å². The van der Waals surface area contributed by atoms with Gasteiger partial charge in [0, 0.05) is 11.6 Å². The van der Waals surface area contributed by atoms with Crippen LogP contribution in [0.4, 0.5) is 10.8 Å². The van der Waals surface area contributed by atoms with Crippen molar-refractivity contribution in [3.63, 3.8) is 0 Å². The summed E-state index contributed by atoms with van der Waals surface area (Å²) >= 11 is 1.42. The number of anilines is 2. The summed E-state index contributed by atoms with van der Waals surface area (Å²) in [5.41, 5.74) is 6.68. The van der Waals surface area contributed by atoms with Crippen LogP contribution in [-0.2, 0) is 0 Å². The number of carbonyl (C=O) groups is 1. The predicted molar refractivity (Wildman–Crippen MR) is 89.3 cm³/mol. The van der Waals surface area contributed by atoms with E-state index < -0.39 is 0 Å². The molecule has 2 aromatic rings. The minimum absolute atomic E-state index is 0. The normalized spacial score (nSPS) is 10.2. The molecule has 0 aliphatic carbocycles. The summed E-state index contributed by atoms with van der Waals surface area (Å²) in [4.78, 5) is 12.1. The molecule has 1 heterocycles. The van der Waals surface area contributed by atoms with E-state index in [1.807, 2.05) is 0 Å². The number of hydrogen-bond acceptors (Lipinski definition) is 5. The number of hydrogen-bond donors (Lipinski definition) is 2. The second-order valence-electron chi connectivity index (χ2n) is 4.50. The van der Waals surface area contributed by atoms with Crippen LogP contribution in [0, 0.1) is 0 Å². The van der Waals surface area contributed by atoms with Gasteiger partial charge in [-0.1, -0.05) is 37.3 Å². The minimum Gasteiger partial charge on any atom is -0.398 e. The van der Waals surface area contributed by atoms with Gasteiger partial charge in [0.1, 0.15) is 5.01 Å². The van der Waals surface area contributed by atoms with Crippen molar-refractivity contribution in [3.8, 4) is 0 Å². The van der Waals surface area contributed by atoms with Crippen molar-refractivity contribution < 1.29 is 4.79 Å². The molecule has 0 aliphatic heterocycles. The van der Waals surface area contributed by atoms with Crippen LogP contribution in [0.15, 0.2) is 24.3 Å². The van der Waals surface area contributed by atoms with Crippen LogP contribution in [0.25, 0.3) is 0 Å². The van der Waals surface area contributed by atoms with Crippen molar-refractivity contribution in [1.82, 2.24) is 10.2 Å². The lowest BCUT2D eigenvalue weighted by Crippen LogP contribution is -2.13. The highest BCUT2D eigenvalue weighted by Crippen LogP contribution is 2.28. The van der Waals surface area contributed by atoms with Gasteiger partial charge in [-0.15, -0.1) is 22.6 Å². The first kappa shape index (κ1) is 17.4. The number of halogens is 1. The van der Waals surface area contributed by atoms with Gasteiger partial charge in [-0.2, -0.15) is 0 Å². The highest BCUT2D eigenvalue weighted by molar-refractivity contribution is 7.15. The molecule has 0 spiro atoms. The molecule has 7 heteroatoms. The Morgan fingerprint density at radius 3 is 2.57 bits per heavy atom. The van der Waals surface area contributed by atoms with E-state index in [1.54, 1.807) is 24.3 Å². The van der Waals surface area contributed by atoms with Gasteiger partial charge in [0.25, 0.3) is 5.91 Å². The number of aromatic nitrogens is 2. The summed E-state index contributed by atoms with van der Waals surface area (Å²) in [5.74, 6) is 0.148. The first-order valence-electron chi connectivity index (χ1n) is 6.64. The highest BCUT2D eigenvalue weighted by atomic mass is 35.5. The number of nitrogens with zero attached hydrogens (tertiary/aromatic N) is 2. The Kier molecular flexibility index (Phi) is 6.58. The van der Waals surface area contributed by atoms with E-state index in [0.717, 1.165) is 17.8 Å². The van der Waals surface area contributed by atoms with E-state index in [1.165, 1.54) is 11.3 Å². The molecule has 2 rings (SSSR count). The molecule has 114 valence electrons. The average Bonchev–Trinajstić information content (AvgIpc) is 2.89. The number of nitrogen functional groups attached to an aromatic ring is 1. The zero-order valence-electron chi connectivity index (χ0n) is 12.0. The Bertz CT molecular complexity index is 598. The largest absolute Gasteiger partial charge is 0.398 e. The number of nitrogens with two attached hydrogens (primary N) is 1. The molecular formula is C14H19ClN4OS. The topological polar surface area (TPSA) is 80.9 Å². The quantitative estimate of drug-likeness (QED) is 0.821. The summed E-state index contributed by atoms with van der Waals surface area (Å²) in [6.45, 7) is 4.25. The van der Waals surface area contributed by atoms with E-state index >= 15 is 0 Å². The van der Waals surface area contributed by atoms with Gasteiger partial charge in [-0.3, -0.25) is 10.1 Å². The van der Waals surface area contributed by atoms with Crippen LogP contribution in [0.1, 0.15) is 48.0 Å². The van der Waals surface area contributed by atoms with Crippen molar-refractivity contribution in [1.29, 1.82) is 0 Å². The van der Waals surface area contributed by atoms with Crippen LogP contribution in [-0.4, -0.2) is 16.1 Å². The smallest absolute Gasteiger partial charge is 0.259 e. The molecule has 1 amide bonds. The van der Waals surface area contributed by atoms with Crippen LogP contribution in [0.2, 0.25) is 0 Å². The Balaban J connectivity index is 0.00000220. The van der Waals surface area contributed by atoms with Gasteiger partial charge < -0.3 is 5.73 Å². The third-order valence-corrected chi connectivity index (χ3v) is 4.20. The SMILES string of the molecule is CCC(CC)c1nnc(NC(=O)c2ccccc2N)s1.Cl. The summed E-state index contributed by atoms with van der Waals surface area (Å²) in [7, 11) is 0. The van der Waals surface area contributed by atoms with E-state index in [-0.39, 0.29) is 18.3 Å². The fourth-order valence-electron chi connectivity index (χ4n) is 1.96. The lowest BCUT2D eigenvalue weighted by Gasteiger charge is -2.06. The molecule has 0 bridgehead atoms. The second-order valence-corrected chi connectivity index (χ2v) is 5.51. The van der Waals surface area contributed by atoms with Gasteiger partial charge in [0.05, 0.1) is 5.56 Å². The first-order valence-corrected chi connectivity index (χ1v) is 7.46. The summed E-state index contributed by atoms with van der Waals surface area (Å²) in [5, 5.41) is 12.4. The van der Waals surface area contributed by atoms with Gasteiger partial charge in [0.2, 0.25) is 5.13 Å². The molecule has 0 saturated carbocycles. The Labute approximate surface area is 134 Å². The molecule has 21 heavy (non-hydrogen) atoms. The van der Waals surface area contributed by atoms with Crippen LogP contribution in [0.3, 0.4) is 0 Å². The number of benzene rings is 1. The minimum atomic E-state index is -0.254. The third-order valence-electron chi connectivity index (χ3n) is 3.20. The maximum Gasteiger partial charge on any atom is 0.259 e. The molecule has 5 nitrogen and oxygen atoms in total.